The van der Waals surface area contributed by atoms with Crippen LogP contribution in [0.3, 0.4) is 0 Å². The number of hydrogen-bond donors (Lipinski definition) is 1. The van der Waals surface area contributed by atoms with E-state index in [1.165, 1.54) is 0 Å². The quantitative estimate of drug-likeness (QED) is 0.893. The smallest absolute Gasteiger partial charge is 0.108 e. The molecule has 0 amide bonds. The summed E-state index contributed by atoms with van der Waals surface area (Å²) in [4.78, 5) is 2.29. The van der Waals surface area contributed by atoms with Crippen LogP contribution in [0.15, 0.2) is 18.2 Å². The van der Waals surface area contributed by atoms with Crippen molar-refractivity contribution >= 4 is 35.0 Å². The van der Waals surface area contributed by atoms with Crippen molar-refractivity contribution in [1.82, 2.24) is 10.2 Å². The average molecular weight is 277 g/mol. The van der Waals surface area contributed by atoms with E-state index in [0.29, 0.717) is 16.6 Å². The van der Waals surface area contributed by atoms with Crippen LogP contribution >= 0.6 is 35.0 Å². The van der Waals surface area contributed by atoms with Crippen molar-refractivity contribution in [2.24, 2.45) is 0 Å². The first-order valence-corrected chi connectivity index (χ1v) is 7.11. The second-order valence-electron chi connectivity index (χ2n) is 3.84. The second-order valence-corrected chi connectivity index (χ2v) is 5.60. The molecule has 0 spiro atoms. The number of nitrogens with zero attached hydrogens (tertiary/aromatic N) is 1. The molecule has 1 aromatic carbocycles. The Bertz CT molecular complexity index is 386. The molecule has 1 N–H and O–H groups in total. The molecule has 1 aliphatic rings. The van der Waals surface area contributed by atoms with Gasteiger partial charge in [0.15, 0.2) is 0 Å². The first kappa shape index (κ1) is 12.5. The second kappa shape index (κ2) is 5.15. The van der Waals surface area contributed by atoms with Crippen LogP contribution in [0.2, 0.25) is 10.0 Å². The molecule has 1 fully saturated rings. The van der Waals surface area contributed by atoms with Gasteiger partial charge in [-0.05, 0) is 31.0 Å². The molecule has 1 saturated heterocycles. The molecule has 0 aromatic heterocycles. The first-order chi connectivity index (χ1) is 7.63. The van der Waals surface area contributed by atoms with Crippen molar-refractivity contribution in [3.8, 4) is 0 Å². The number of rotatable bonds is 2. The first-order valence-electron chi connectivity index (χ1n) is 5.06. The van der Waals surface area contributed by atoms with Crippen molar-refractivity contribution in [3.05, 3.63) is 33.8 Å². The van der Waals surface area contributed by atoms with Crippen LogP contribution in [0.4, 0.5) is 0 Å². The Morgan fingerprint density at radius 1 is 1.44 bits per heavy atom. The van der Waals surface area contributed by atoms with Gasteiger partial charge in [0.25, 0.3) is 0 Å². The lowest BCUT2D eigenvalue weighted by Crippen LogP contribution is -2.29. The minimum atomic E-state index is 0.321. The van der Waals surface area contributed by atoms with Crippen LogP contribution in [0, 0.1) is 0 Å². The number of hydrogen-bond acceptors (Lipinski definition) is 3. The molecule has 2 unspecified atom stereocenters. The van der Waals surface area contributed by atoms with E-state index in [0.717, 1.165) is 17.1 Å². The minimum absolute atomic E-state index is 0.321. The zero-order valence-corrected chi connectivity index (χ0v) is 11.5. The van der Waals surface area contributed by atoms with Gasteiger partial charge in [0.1, 0.15) is 5.50 Å². The average Bonchev–Trinajstić information content (AvgIpc) is 2.60. The monoisotopic (exact) mass is 276 g/mol. The van der Waals surface area contributed by atoms with E-state index in [9.17, 15) is 0 Å². The highest BCUT2D eigenvalue weighted by Gasteiger charge is 2.31. The maximum atomic E-state index is 6.22. The molecule has 2 nitrogen and oxygen atoms in total. The molecule has 0 bridgehead atoms. The fourth-order valence-electron chi connectivity index (χ4n) is 2.01. The maximum Gasteiger partial charge on any atom is 0.108 e. The number of benzene rings is 1. The van der Waals surface area contributed by atoms with E-state index in [2.05, 4.69) is 23.5 Å². The molecule has 1 aromatic rings. The van der Waals surface area contributed by atoms with Crippen molar-refractivity contribution in [1.29, 1.82) is 0 Å². The molecule has 1 aliphatic heterocycles. The molecular formula is C11H14Cl2N2S. The van der Waals surface area contributed by atoms with Crippen LogP contribution in [0.25, 0.3) is 0 Å². The normalized spacial score (nSPS) is 26.2. The molecule has 0 radical (unpaired) electrons. The third kappa shape index (κ3) is 2.34. The Morgan fingerprint density at radius 2 is 2.19 bits per heavy atom. The van der Waals surface area contributed by atoms with Gasteiger partial charge in [0, 0.05) is 16.6 Å². The van der Waals surface area contributed by atoms with Gasteiger partial charge in [-0.15, -0.1) is 11.8 Å². The predicted octanol–water partition coefficient (Wildman–Crippen LogP) is 3.22. The molecule has 2 rings (SSSR count). The van der Waals surface area contributed by atoms with E-state index < -0.39 is 0 Å². The highest BCUT2D eigenvalue weighted by molar-refractivity contribution is 7.99. The molecule has 16 heavy (non-hydrogen) atoms. The molecule has 88 valence electrons. The lowest BCUT2D eigenvalue weighted by atomic mass is 10.1. The standard InChI is InChI=1S/C11H14Cl2N2S/c1-15-10(6-14-11(15)16-2)8-4-3-7(12)5-9(8)13/h3-5,10-11,14H,6H2,1-2H3. The molecule has 0 saturated carbocycles. The van der Waals surface area contributed by atoms with Gasteiger partial charge >= 0.3 is 0 Å². The van der Waals surface area contributed by atoms with E-state index in [-0.39, 0.29) is 0 Å². The topological polar surface area (TPSA) is 15.3 Å². The fraction of sp³-hybridized carbons (Fsp3) is 0.455. The number of halogens is 2. The highest BCUT2D eigenvalue weighted by atomic mass is 35.5. The van der Waals surface area contributed by atoms with Gasteiger partial charge in [0.2, 0.25) is 0 Å². The minimum Gasteiger partial charge on any atom is -0.291 e. The SMILES string of the molecule is CSC1NCC(c2ccc(Cl)cc2Cl)N1C. The largest absolute Gasteiger partial charge is 0.291 e. The summed E-state index contributed by atoms with van der Waals surface area (Å²) in [7, 11) is 2.11. The van der Waals surface area contributed by atoms with E-state index in [4.69, 9.17) is 23.2 Å². The van der Waals surface area contributed by atoms with Crippen molar-refractivity contribution in [3.63, 3.8) is 0 Å². The summed E-state index contributed by atoms with van der Waals surface area (Å²) in [5.74, 6) is 0. The molecular weight excluding hydrogens is 263 g/mol. The number of thioether (sulfide) groups is 1. The van der Waals surface area contributed by atoms with Crippen LogP contribution in [0.5, 0.6) is 0 Å². The fourth-order valence-corrected chi connectivity index (χ4v) is 3.29. The Labute approximate surface area is 110 Å². The van der Waals surface area contributed by atoms with E-state index in [1.807, 2.05) is 12.1 Å². The number of nitrogens with one attached hydrogen (secondary N) is 1. The summed E-state index contributed by atoms with van der Waals surface area (Å²) in [6.45, 7) is 0.920. The maximum absolute atomic E-state index is 6.22. The Hall–Kier alpha value is 0.0700. The summed E-state index contributed by atoms with van der Waals surface area (Å²) in [6, 6.07) is 6.03. The van der Waals surface area contributed by atoms with Crippen LogP contribution < -0.4 is 5.32 Å². The van der Waals surface area contributed by atoms with Crippen LogP contribution in [0.1, 0.15) is 11.6 Å². The van der Waals surface area contributed by atoms with Gasteiger partial charge in [-0.3, -0.25) is 10.2 Å². The summed E-state index contributed by atoms with van der Waals surface area (Å²) >= 11 is 13.9. The predicted molar refractivity (Wildman–Crippen MR) is 72.3 cm³/mol. The summed E-state index contributed by atoms with van der Waals surface area (Å²) < 4.78 is 0. The Morgan fingerprint density at radius 3 is 2.75 bits per heavy atom. The Balaban J connectivity index is 2.25. The van der Waals surface area contributed by atoms with Gasteiger partial charge in [-0.25, -0.2) is 0 Å². The summed E-state index contributed by atoms with van der Waals surface area (Å²) in [6.07, 6.45) is 2.10. The van der Waals surface area contributed by atoms with Crippen molar-refractivity contribution in [2.45, 2.75) is 11.5 Å². The molecule has 0 aliphatic carbocycles. The Kier molecular flexibility index (Phi) is 4.03. The lowest BCUT2D eigenvalue weighted by Gasteiger charge is -2.24. The van der Waals surface area contributed by atoms with Gasteiger partial charge in [-0.2, -0.15) is 0 Å². The zero-order chi connectivity index (χ0) is 11.7. The van der Waals surface area contributed by atoms with Crippen LogP contribution in [-0.2, 0) is 0 Å². The number of likely N-dealkylation sites (N-methyl/N-ethyl adjacent to an activating group) is 1. The van der Waals surface area contributed by atoms with Gasteiger partial charge in [0.05, 0.1) is 6.04 Å². The summed E-state index contributed by atoms with van der Waals surface area (Å²) in [5.41, 5.74) is 1.49. The molecule has 1 heterocycles. The van der Waals surface area contributed by atoms with Gasteiger partial charge < -0.3 is 0 Å². The summed E-state index contributed by atoms with van der Waals surface area (Å²) in [5, 5.41) is 4.87. The van der Waals surface area contributed by atoms with Crippen molar-refractivity contribution < 1.29 is 0 Å². The third-order valence-electron chi connectivity index (χ3n) is 2.89. The van der Waals surface area contributed by atoms with E-state index >= 15 is 0 Å². The third-order valence-corrected chi connectivity index (χ3v) is 4.40. The van der Waals surface area contributed by atoms with E-state index in [1.54, 1.807) is 17.8 Å². The zero-order valence-electron chi connectivity index (χ0n) is 9.21. The van der Waals surface area contributed by atoms with Crippen LogP contribution in [-0.4, -0.2) is 30.2 Å². The highest BCUT2D eigenvalue weighted by Crippen LogP contribution is 2.33. The van der Waals surface area contributed by atoms with Gasteiger partial charge in [-0.1, -0.05) is 29.3 Å². The van der Waals surface area contributed by atoms with Crippen molar-refractivity contribution in [2.75, 3.05) is 19.8 Å². The molecule has 5 heteroatoms. The molecule has 2 atom stereocenters. The lowest BCUT2D eigenvalue weighted by molar-refractivity contribution is 0.301.